The second-order valence-corrected chi connectivity index (χ2v) is 7.15. The van der Waals surface area contributed by atoms with Crippen LogP contribution in [-0.4, -0.2) is 32.5 Å². The average molecular weight is 367 g/mol. The first kappa shape index (κ1) is 17.7. The third-order valence-corrected chi connectivity index (χ3v) is 5.31. The van der Waals surface area contributed by atoms with Gasteiger partial charge in [-0.15, -0.1) is 0 Å². The molecule has 0 spiro atoms. The molecule has 6 nitrogen and oxygen atoms in total. The molecule has 0 saturated carbocycles. The van der Waals surface area contributed by atoms with Crippen molar-refractivity contribution in [3.63, 3.8) is 0 Å². The number of hydrogen-bond acceptors (Lipinski definition) is 4. The van der Waals surface area contributed by atoms with Crippen molar-refractivity contribution < 1.29 is 14.2 Å². The largest absolute Gasteiger partial charge is 0.454 e. The fourth-order valence-corrected chi connectivity index (χ4v) is 3.59. The van der Waals surface area contributed by atoms with Crippen molar-refractivity contribution in [2.75, 3.05) is 31.9 Å². The van der Waals surface area contributed by atoms with Crippen LogP contribution in [0.25, 0.3) is 0 Å². The Balaban J connectivity index is 1.54. The molecule has 1 saturated heterocycles. The van der Waals surface area contributed by atoms with Crippen LogP contribution in [0.3, 0.4) is 0 Å². The van der Waals surface area contributed by atoms with Gasteiger partial charge in [0.1, 0.15) is 0 Å². The van der Waals surface area contributed by atoms with Gasteiger partial charge < -0.3 is 25.3 Å². The number of ether oxygens (including phenoxy) is 3. The summed E-state index contributed by atoms with van der Waals surface area (Å²) in [5, 5.41) is 3.17. The van der Waals surface area contributed by atoms with Crippen LogP contribution < -0.4 is 20.5 Å². The van der Waals surface area contributed by atoms with Crippen LogP contribution in [0, 0.1) is 6.92 Å². The zero-order valence-corrected chi connectivity index (χ0v) is 15.5. The van der Waals surface area contributed by atoms with Gasteiger partial charge >= 0.3 is 0 Å². The Hall–Kier alpha value is -2.73. The Bertz CT molecular complexity index is 827. The molecule has 2 aromatic rings. The first-order valence-electron chi connectivity index (χ1n) is 9.26. The fourth-order valence-electron chi connectivity index (χ4n) is 3.59. The van der Waals surface area contributed by atoms with Crippen molar-refractivity contribution >= 4 is 11.6 Å². The van der Waals surface area contributed by atoms with E-state index >= 15 is 0 Å². The SMILES string of the molecule is Cc1ccc(NC(N)=NCC2(c3ccc4c(c3)OCO4)CCOCC2)cc1. The summed E-state index contributed by atoms with van der Waals surface area (Å²) in [5.74, 6) is 2.02. The minimum Gasteiger partial charge on any atom is -0.454 e. The molecule has 0 aromatic heterocycles. The molecule has 0 atom stereocenters. The summed E-state index contributed by atoms with van der Waals surface area (Å²) in [6, 6.07) is 14.3. The molecule has 0 amide bonds. The maximum Gasteiger partial charge on any atom is 0.231 e. The van der Waals surface area contributed by atoms with Crippen molar-refractivity contribution in [2.45, 2.75) is 25.2 Å². The number of rotatable bonds is 4. The van der Waals surface area contributed by atoms with E-state index in [-0.39, 0.29) is 12.2 Å². The molecule has 2 aromatic carbocycles. The lowest BCUT2D eigenvalue weighted by Gasteiger charge is -2.36. The predicted octanol–water partition coefficient (Wildman–Crippen LogP) is 3.20. The third kappa shape index (κ3) is 3.85. The van der Waals surface area contributed by atoms with Crippen molar-refractivity contribution in [3.05, 3.63) is 53.6 Å². The number of aryl methyl sites for hydroxylation is 1. The highest BCUT2D eigenvalue weighted by Gasteiger charge is 2.35. The van der Waals surface area contributed by atoms with Gasteiger partial charge in [-0.1, -0.05) is 23.8 Å². The molecule has 142 valence electrons. The minimum absolute atomic E-state index is 0.112. The van der Waals surface area contributed by atoms with Crippen molar-refractivity contribution in [1.82, 2.24) is 0 Å². The van der Waals surface area contributed by atoms with Gasteiger partial charge in [0.15, 0.2) is 17.5 Å². The number of fused-ring (bicyclic) bond motifs is 1. The Morgan fingerprint density at radius 2 is 1.81 bits per heavy atom. The summed E-state index contributed by atoms with van der Waals surface area (Å²) in [6.07, 6.45) is 1.79. The third-order valence-electron chi connectivity index (χ3n) is 5.31. The molecule has 0 bridgehead atoms. The van der Waals surface area contributed by atoms with E-state index in [4.69, 9.17) is 19.9 Å². The second kappa shape index (κ2) is 7.48. The van der Waals surface area contributed by atoms with Crippen molar-refractivity contribution in [2.24, 2.45) is 10.7 Å². The summed E-state index contributed by atoms with van der Waals surface area (Å²) in [6.45, 7) is 4.37. The summed E-state index contributed by atoms with van der Waals surface area (Å²) < 4.78 is 16.6. The number of aliphatic imine (C=N–C) groups is 1. The van der Waals surface area contributed by atoms with Gasteiger partial charge in [-0.05, 0) is 49.6 Å². The van der Waals surface area contributed by atoms with E-state index in [9.17, 15) is 0 Å². The van der Waals surface area contributed by atoms with E-state index in [1.807, 2.05) is 30.3 Å². The standard InChI is InChI=1S/C21H25N3O3/c1-15-2-5-17(6-3-15)24-20(22)23-13-21(8-10-25-11-9-21)16-4-7-18-19(12-16)27-14-26-18/h2-7,12H,8-11,13-14H2,1H3,(H3,22,23,24). The fraction of sp³-hybridized carbons (Fsp3) is 0.381. The van der Waals surface area contributed by atoms with Gasteiger partial charge in [0, 0.05) is 24.3 Å². The van der Waals surface area contributed by atoms with Gasteiger partial charge in [0.25, 0.3) is 0 Å². The molecule has 2 aliphatic heterocycles. The van der Waals surface area contributed by atoms with Gasteiger partial charge in [0.2, 0.25) is 6.79 Å². The summed E-state index contributed by atoms with van der Waals surface area (Å²) >= 11 is 0. The molecule has 0 aliphatic carbocycles. The van der Waals surface area contributed by atoms with E-state index in [0.29, 0.717) is 12.5 Å². The number of nitrogens with one attached hydrogen (secondary N) is 1. The summed E-state index contributed by atoms with van der Waals surface area (Å²) in [5.41, 5.74) is 9.38. The lowest BCUT2D eigenvalue weighted by Crippen LogP contribution is -2.38. The Morgan fingerprint density at radius 1 is 1.07 bits per heavy atom. The number of anilines is 1. The molecule has 0 radical (unpaired) electrons. The molecule has 6 heteroatoms. The van der Waals surface area contributed by atoms with Gasteiger partial charge in [0.05, 0.1) is 6.54 Å². The zero-order valence-electron chi connectivity index (χ0n) is 15.5. The highest BCUT2D eigenvalue weighted by atomic mass is 16.7. The quantitative estimate of drug-likeness (QED) is 0.641. The molecule has 2 aliphatic rings. The highest BCUT2D eigenvalue weighted by Crippen LogP contribution is 2.41. The van der Waals surface area contributed by atoms with Gasteiger partial charge in [-0.3, -0.25) is 4.99 Å². The lowest BCUT2D eigenvalue weighted by molar-refractivity contribution is 0.0531. The topological polar surface area (TPSA) is 78.1 Å². The lowest BCUT2D eigenvalue weighted by atomic mass is 9.74. The molecule has 27 heavy (non-hydrogen) atoms. The van der Waals surface area contributed by atoms with Crippen molar-refractivity contribution in [1.29, 1.82) is 0 Å². The highest BCUT2D eigenvalue weighted by molar-refractivity contribution is 5.92. The maximum absolute atomic E-state index is 6.15. The Morgan fingerprint density at radius 3 is 2.59 bits per heavy atom. The molecule has 4 rings (SSSR count). The predicted molar refractivity (Wildman–Crippen MR) is 106 cm³/mol. The van der Waals surface area contributed by atoms with Crippen LogP contribution in [0.2, 0.25) is 0 Å². The molecular formula is C21H25N3O3. The van der Waals surface area contributed by atoms with E-state index in [2.05, 4.69) is 29.4 Å². The number of benzene rings is 2. The van der Waals surface area contributed by atoms with Crippen LogP contribution in [-0.2, 0) is 10.2 Å². The van der Waals surface area contributed by atoms with E-state index in [1.54, 1.807) is 0 Å². The summed E-state index contributed by atoms with van der Waals surface area (Å²) in [7, 11) is 0. The number of nitrogens with two attached hydrogens (primary N) is 1. The monoisotopic (exact) mass is 367 g/mol. The van der Waals surface area contributed by atoms with E-state index in [0.717, 1.165) is 43.2 Å². The normalized spacial score (nSPS) is 18.3. The number of guanidine groups is 1. The van der Waals surface area contributed by atoms with Crippen LogP contribution in [0.15, 0.2) is 47.5 Å². The second-order valence-electron chi connectivity index (χ2n) is 7.15. The number of hydrogen-bond donors (Lipinski definition) is 2. The van der Waals surface area contributed by atoms with Crippen molar-refractivity contribution in [3.8, 4) is 11.5 Å². The average Bonchev–Trinajstić information content (AvgIpc) is 3.17. The molecule has 0 unspecified atom stereocenters. The van der Waals surface area contributed by atoms with Crippen LogP contribution in [0.5, 0.6) is 11.5 Å². The van der Waals surface area contributed by atoms with E-state index < -0.39 is 0 Å². The smallest absolute Gasteiger partial charge is 0.231 e. The van der Waals surface area contributed by atoms with Gasteiger partial charge in [-0.25, -0.2) is 0 Å². The van der Waals surface area contributed by atoms with Gasteiger partial charge in [-0.2, -0.15) is 0 Å². The van der Waals surface area contributed by atoms with E-state index in [1.165, 1.54) is 11.1 Å². The maximum atomic E-state index is 6.15. The van der Waals surface area contributed by atoms with Crippen LogP contribution in [0.4, 0.5) is 5.69 Å². The van der Waals surface area contributed by atoms with Crippen LogP contribution >= 0.6 is 0 Å². The molecule has 1 fully saturated rings. The minimum atomic E-state index is -0.112. The molecular weight excluding hydrogens is 342 g/mol. The van der Waals surface area contributed by atoms with Crippen LogP contribution in [0.1, 0.15) is 24.0 Å². The zero-order chi connectivity index (χ0) is 18.7. The first-order chi connectivity index (χ1) is 13.1. The first-order valence-corrected chi connectivity index (χ1v) is 9.26. The Labute approximate surface area is 159 Å². The molecule has 3 N–H and O–H groups in total. The number of nitrogens with zero attached hydrogens (tertiary/aromatic N) is 1. The summed E-state index contributed by atoms with van der Waals surface area (Å²) in [4.78, 5) is 4.66. The molecule has 2 heterocycles. The Kier molecular flexibility index (Phi) is 4.90.